The molecule has 50 heavy (non-hydrogen) atoms. The molecule has 0 rings (SSSR count). The van der Waals surface area contributed by atoms with Crippen LogP contribution in [0.25, 0.3) is 0 Å². The summed E-state index contributed by atoms with van der Waals surface area (Å²) in [6.45, 7) is 61.2. The minimum Gasteiger partial charge on any atom is -0.366 e. The Labute approximate surface area is 322 Å². The zero-order valence-corrected chi connectivity index (χ0v) is 39.5. The first-order valence-corrected chi connectivity index (χ1v) is 19.9. The molecule has 0 atom stereocenters. The summed E-state index contributed by atoms with van der Waals surface area (Å²) >= 11 is 0. The number of hydrogen-bond acceptors (Lipinski definition) is 1. The lowest BCUT2D eigenvalue weighted by atomic mass is 9.86. The third kappa shape index (κ3) is 96.8. The van der Waals surface area contributed by atoms with E-state index < -0.39 is 0 Å². The molecule has 1 nitrogen and oxygen atoms in total. The molecule has 0 aliphatic carbocycles. The van der Waals surface area contributed by atoms with Crippen molar-refractivity contribution in [2.45, 2.75) is 205 Å². The van der Waals surface area contributed by atoms with Crippen molar-refractivity contribution in [3.63, 3.8) is 0 Å². The second kappa shape index (κ2) is 72.1. The second-order valence-electron chi connectivity index (χ2n) is 11.2. The zero-order valence-electron chi connectivity index (χ0n) is 39.5. The molecule has 1 heteroatoms. The van der Waals surface area contributed by atoms with E-state index in [2.05, 4.69) is 140 Å². The van der Waals surface area contributed by atoms with Gasteiger partial charge in [0.1, 0.15) is 0 Å². The number of terminal acetylenes is 1. The van der Waals surface area contributed by atoms with E-state index in [0.717, 1.165) is 16.8 Å². The quantitative estimate of drug-likeness (QED) is 0.167. The van der Waals surface area contributed by atoms with E-state index in [1.165, 1.54) is 55.2 Å². The lowest BCUT2D eigenvalue weighted by molar-refractivity contribution is 0.319. The first kappa shape index (κ1) is 72.9. The number of unbranched alkanes of at least 4 members (excludes halogenated alkanes) is 1. The predicted octanol–water partition coefficient (Wildman–Crippen LogP) is 18.4. The van der Waals surface area contributed by atoms with Gasteiger partial charge in [0.15, 0.2) is 0 Å². The van der Waals surface area contributed by atoms with Gasteiger partial charge in [-0.05, 0) is 84.6 Å². The number of nitrogens with one attached hydrogen (secondary N) is 1. The first-order valence-electron chi connectivity index (χ1n) is 19.9. The summed E-state index contributed by atoms with van der Waals surface area (Å²) in [5.74, 6) is 2.25. The van der Waals surface area contributed by atoms with Crippen LogP contribution in [0.3, 0.4) is 0 Å². The summed E-state index contributed by atoms with van der Waals surface area (Å²) < 4.78 is 0. The van der Waals surface area contributed by atoms with E-state index in [-0.39, 0.29) is 0 Å². The maximum atomic E-state index is 4.60. The highest BCUT2D eigenvalue weighted by Crippen LogP contribution is 2.25. The average Bonchev–Trinajstić information content (AvgIpc) is 3.12. The minimum absolute atomic E-state index is 0.592. The van der Waals surface area contributed by atoms with Crippen molar-refractivity contribution in [1.82, 2.24) is 5.32 Å². The Bertz CT molecular complexity index is 819. The first-order chi connectivity index (χ1) is 23.6. The van der Waals surface area contributed by atoms with Gasteiger partial charge >= 0.3 is 0 Å². The Morgan fingerprint density at radius 1 is 0.720 bits per heavy atom. The number of hydrogen-bond donors (Lipinski definition) is 1. The molecule has 300 valence electrons. The monoisotopic (exact) mass is 702 g/mol. The Hall–Kier alpha value is -2.72. The van der Waals surface area contributed by atoms with Crippen LogP contribution in [0.5, 0.6) is 0 Å². The highest BCUT2D eigenvalue weighted by molar-refractivity contribution is 5.47. The summed E-state index contributed by atoms with van der Waals surface area (Å²) in [5.41, 5.74) is 7.63. The molecule has 0 saturated heterocycles. The molecule has 0 spiro atoms. The molecule has 0 aliphatic heterocycles. The van der Waals surface area contributed by atoms with Crippen LogP contribution in [0.1, 0.15) is 205 Å². The lowest BCUT2D eigenvalue weighted by Gasteiger charge is -2.20. The molecule has 0 amide bonds. The molecule has 0 aromatic rings. The summed E-state index contributed by atoms with van der Waals surface area (Å²) in [6, 6.07) is 0. The van der Waals surface area contributed by atoms with E-state index >= 15 is 0 Å². The summed E-state index contributed by atoms with van der Waals surface area (Å²) in [7, 11) is 0. The van der Waals surface area contributed by atoms with Crippen molar-refractivity contribution in [3.05, 3.63) is 96.0 Å². The van der Waals surface area contributed by atoms with Crippen molar-refractivity contribution < 1.29 is 0 Å². The standard InChI is InChI=1S/C17H24.C8H18.C6H11N.C4H10.C3H8.C3H4.4C2H6/c1-8-17(12-9-13(2)3)16(7)11-10-15(6)14(4)5;1-5-7-8(3,4)6-2;1-4-6(3)7-5-2;1-3-4-2;2*1-3-2;4*1-2/h8-12H,1,7H2,2-6H3;5-7H2,1-4H3;4-5,7H,2H2,1,3H3;3-4H2,1-2H3;3H2,1-2H3;1H,2H3;4*1-2H3/b11-10-,17-12+;;6-4+;;;;;;;. The molecule has 0 heterocycles. The Morgan fingerprint density at radius 2 is 1.10 bits per heavy atom. The van der Waals surface area contributed by atoms with Crippen LogP contribution >= 0.6 is 0 Å². The van der Waals surface area contributed by atoms with Crippen LogP contribution in [0.15, 0.2) is 96.0 Å². The number of allylic oxidation sites excluding steroid dienone is 12. The summed E-state index contributed by atoms with van der Waals surface area (Å²) in [4.78, 5) is 0. The largest absolute Gasteiger partial charge is 0.366 e. The smallest absolute Gasteiger partial charge is 0.00712 e. The molecule has 0 fully saturated rings. The molecule has 0 radical (unpaired) electrons. The van der Waals surface area contributed by atoms with Crippen LogP contribution in [-0.4, -0.2) is 0 Å². The Balaban J connectivity index is -0.0000000512. The molecule has 1 N–H and O–H groups in total. The SMILES string of the molecule is C#CC.C=C/C(=C\C=C(C)C)C(=C)/C=C\C(C)=C(C)C.C=CN/C(C)=C/C.CC.CC.CC.CC.CCC.CCCC.CCCC(C)(C)CC. The molecular weight excluding hydrogens is 603 g/mol. The highest BCUT2D eigenvalue weighted by Gasteiger charge is 2.11. The van der Waals surface area contributed by atoms with Crippen LogP contribution < -0.4 is 5.32 Å². The second-order valence-corrected chi connectivity index (χ2v) is 11.2. The Kier molecular flexibility index (Phi) is 105. The van der Waals surface area contributed by atoms with Gasteiger partial charge in [-0.2, -0.15) is 0 Å². The molecule has 0 unspecified atom stereocenters. The van der Waals surface area contributed by atoms with Crippen molar-refractivity contribution in [1.29, 1.82) is 0 Å². The summed E-state index contributed by atoms with van der Waals surface area (Å²) in [6.07, 6.45) is 26.2. The van der Waals surface area contributed by atoms with Crippen LogP contribution in [0.4, 0.5) is 0 Å². The molecule has 0 aliphatic rings. The maximum Gasteiger partial charge on any atom is 0.00712 e. The van der Waals surface area contributed by atoms with Crippen LogP contribution in [0.2, 0.25) is 0 Å². The van der Waals surface area contributed by atoms with Gasteiger partial charge in [0.05, 0.1) is 0 Å². The minimum atomic E-state index is 0.592. The van der Waals surface area contributed by atoms with Gasteiger partial charge in [-0.25, -0.2) is 0 Å². The van der Waals surface area contributed by atoms with Gasteiger partial charge < -0.3 is 5.32 Å². The normalized spacial score (nSPS) is 8.86. The van der Waals surface area contributed by atoms with Gasteiger partial charge in [-0.3, -0.25) is 0 Å². The van der Waals surface area contributed by atoms with Crippen LogP contribution in [-0.2, 0) is 0 Å². The predicted molar refractivity (Wildman–Crippen MR) is 248 cm³/mol. The van der Waals surface area contributed by atoms with Crippen molar-refractivity contribution in [2.24, 2.45) is 5.41 Å². The Morgan fingerprint density at radius 3 is 1.28 bits per heavy atom. The van der Waals surface area contributed by atoms with Gasteiger partial charge in [-0.15, -0.1) is 12.3 Å². The topological polar surface area (TPSA) is 12.0 Å². The fourth-order valence-corrected chi connectivity index (χ4v) is 2.15. The average molecular weight is 702 g/mol. The fraction of sp³-hybridized carbons (Fsp3) is 0.633. The van der Waals surface area contributed by atoms with E-state index in [1.54, 1.807) is 13.1 Å². The molecule has 0 aromatic carbocycles. The zero-order chi connectivity index (χ0) is 42.6. The molecule has 0 aromatic heterocycles. The molecular formula is C49H99N. The van der Waals surface area contributed by atoms with Crippen molar-refractivity contribution >= 4 is 0 Å². The molecule has 0 saturated carbocycles. The van der Waals surface area contributed by atoms with Gasteiger partial charge in [-0.1, -0.05) is 216 Å². The van der Waals surface area contributed by atoms with E-state index in [9.17, 15) is 0 Å². The van der Waals surface area contributed by atoms with E-state index in [1.807, 2.05) is 93.5 Å². The third-order valence-corrected chi connectivity index (χ3v) is 5.66. The van der Waals surface area contributed by atoms with Crippen molar-refractivity contribution in [3.8, 4) is 12.3 Å². The highest BCUT2D eigenvalue weighted by atomic mass is 14.8. The lowest BCUT2D eigenvalue weighted by Crippen LogP contribution is -2.07. The fourth-order valence-electron chi connectivity index (χ4n) is 2.15. The van der Waals surface area contributed by atoms with Gasteiger partial charge in [0, 0.05) is 5.70 Å². The number of rotatable bonds is 11. The van der Waals surface area contributed by atoms with E-state index in [0.29, 0.717) is 5.41 Å². The van der Waals surface area contributed by atoms with Crippen molar-refractivity contribution in [2.75, 3.05) is 0 Å². The third-order valence-electron chi connectivity index (χ3n) is 5.66. The van der Waals surface area contributed by atoms with E-state index in [4.69, 9.17) is 0 Å². The van der Waals surface area contributed by atoms with Crippen LogP contribution in [0, 0.1) is 17.8 Å². The van der Waals surface area contributed by atoms with Gasteiger partial charge in [0.2, 0.25) is 0 Å². The summed E-state index contributed by atoms with van der Waals surface area (Å²) in [5, 5.41) is 2.92. The molecule has 0 bridgehead atoms. The maximum absolute atomic E-state index is 4.60. The van der Waals surface area contributed by atoms with Gasteiger partial charge in [0.25, 0.3) is 0 Å².